The van der Waals surface area contributed by atoms with E-state index in [4.69, 9.17) is 0 Å². The fraction of sp³-hybridized carbons (Fsp3) is 0.0588. The van der Waals surface area contributed by atoms with E-state index in [0.717, 1.165) is 10.8 Å². The minimum atomic E-state index is -0.430. The number of aromatic nitrogens is 3. The Labute approximate surface area is 148 Å². The summed E-state index contributed by atoms with van der Waals surface area (Å²) in [5.41, 5.74) is 6.44. The zero-order chi connectivity index (χ0) is 17.6. The number of carbonyl (C=O) groups excluding carboxylic acids is 2. The molecule has 0 aliphatic carbocycles. The number of carbonyl (C=O) groups is 2. The number of hydrogen-bond donors (Lipinski definition) is 2. The van der Waals surface area contributed by atoms with Gasteiger partial charge >= 0.3 is 0 Å². The Morgan fingerprint density at radius 3 is 2.36 bits per heavy atom. The number of nitrogens with zero attached hydrogens (tertiary/aromatic N) is 3. The lowest BCUT2D eigenvalue weighted by molar-refractivity contribution is 0.0846. The number of hydrogen-bond acceptors (Lipinski definition) is 5. The Morgan fingerprint density at radius 2 is 1.72 bits per heavy atom. The summed E-state index contributed by atoms with van der Waals surface area (Å²) in [7, 11) is 0. The van der Waals surface area contributed by atoms with Crippen LogP contribution in [0.5, 0.6) is 0 Å². The molecule has 2 heterocycles. The fourth-order valence-corrected chi connectivity index (χ4v) is 2.69. The summed E-state index contributed by atoms with van der Waals surface area (Å²) in [4.78, 5) is 32.1. The average Bonchev–Trinajstić information content (AvgIpc) is 3.15. The van der Waals surface area contributed by atoms with E-state index in [0.29, 0.717) is 11.1 Å². The normalized spacial score (nSPS) is 10.3. The Kier molecular flexibility index (Phi) is 5.10. The maximum atomic E-state index is 12.1. The van der Waals surface area contributed by atoms with Crippen LogP contribution in [0.3, 0.4) is 0 Å². The molecule has 2 aromatic heterocycles. The molecule has 25 heavy (non-hydrogen) atoms. The molecule has 3 aromatic rings. The fourth-order valence-electron chi connectivity index (χ4n) is 2.17. The molecule has 126 valence electrons. The van der Waals surface area contributed by atoms with Gasteiger partial charge in [-0.2, -0.15) is 0 Å². The van der Waals surface area contributed by atoms with Crippen molar-refractivity contribution in [2.75, 3.05) is 6.26 Å². The van der Waals surface area contributed by atoms with Gasteiger partial charge in [-0.25, -0.2) is 4.98 Å². The van der Waals surface area contributed by atoms with Crippen LogP contribution in [-0.4, -0.2) is 32.6 Å². The molecule has 2 amide bonds. The second kappa shape index (κ2) is 7.63. The first-order valence-corrected chi connectivity index (χ1v) is 8.60. The van der Waals surface area contributed by atoms with E-state index in [1.54, 1.807) is 36.7 Å². The summed E-state index contributed by atoms with van der Waals surface area (Å²) >= 11 is 1.54. The van der Waals surface area contributed by atoms with Gasteiger partial charge in [0.05, 0.1) is 5.56 Å². The Morgan fingerprint density at radius 1 is 1.00 bits per heavy atom. The highest BCUT2D eigenvalue weighted by Gasteiger charge is 2.10. The zero-order valence-corrected chi connectivity index (χ0v) is 14.2. The molecule has 0 radical (unpaired) electrons. The minimum absolute atomic E-state index is 0.364. The lowest BCUT2D eigenvalue weighted by Gasteiger charge is -2.09. The summed E-state index contributed by atoms with van der Waals surface area (Å²) in [5.74, 6) is -0.833. The molecule has 3 rings (SSSR count). The van der Waals surface area contributed by atoms with Gasteiger partial charge in [-0.15, -0.1) is 0 Å². The van der Waals surface area contributed by atoms with Gasteiger partial charge < -0.3 is 0 Å². The van der Waals surface area contributed by atoms with E-state index in [9.17, 15) is 9.59 Å². The quantitative estimate of drug-likeness (QED) is 0.554. The second-order valence-corrected chi connectivity index (χ2v) is 5.75. The summed E-state index contributed by atoms with van der Waals surface area (Å²) in [6, 6.07) is 10.3. The monoisotopic (exact) mass is 353 g/mol. The molecule has 0 fully saturated rings. The molecule has 0 bridgehead atoms. The molecule has 2 N–H and O–H groups in total. The third-order valence-electron chi connectivity index (χ3n) is 3.41. The zero-order valence-electron chi connectivity index (χ0n) is 13.3. The average molecular weight is 353 g/mol. The second-order valence-electron chi connectivity index (χ2n) is 4.98. The Bertz CT molecular complexity index is 878. The lowest BCUT2D eigenvalue weighted by atomic mass is 10.2. The van der Waals surface area contributed by atoms with Crippen LogP contribution in [-0.2, 0) is 0 Å². The number of imidazole rings is 1. The number of amides is 2. The predicted molar refractivity (Wildman–Crippen MR) is 94.5 cm³/mol. The first-order valence-electron chi connectivity index (χ1n) is 7.37. The van der Waals surface area contributed by atoms with Crippen molar-refractivity contribution in [1.29, 1.82) is 0 Å². The van der Waals surface area contributed by atoms with Crippen molar-refractivity contribution < 1.29 is 9.59 Å². The van der Waals surface area contributed by atoms with E-state index in [1.807, 2.05) is 29.2 Å². The van der Waals surface area contributed by atoms with Crippen LogP contribution in [0, 0.1) is 0 Å². The molecule has 0 spiro atoms. The van der Waals surface area contributed by atoms with Crippen molar-refractivity contribution in [1.82, 2.24) is 25.4 Å². The van der Waals surface area contributed by atoms with E-state index in [-0.39, 0.29) is 0 Å². The van der Waals surface area contributed by atoms with Gasteiger partial charge in [-0.05, 0) is 42.7 Å². The van der Waals surface area contributed by atoms with Crippen molar-refractivity contribution >= 4 is 23.6 Å². The third-order valence-corrected chi connectivity index (χ3v) is 4.08. The van der Waals surface area contributed by atoms with Gasteiger partial charge in [0.25, 0.3) is 11.8 Å². The highest BCUT2D eigenvalue weighted by atomic mass is 32.2. The van der Waals surface area contributed by atoms with Crippen molar-refractivity contribution in [3.8, 4) is 5.69 Å². The van der Waals surface area contributed by atoms with Gasteiger partial charge in [0, 0.05) is 36.0 Å². The summed E-state index contributed by atoms with van der Waals surface area (Å²) in [6.07, 6.45) is 8.52. The largest absolute Gasteiger partial charge is 0.295 e. The number of thioether (sulfide) groups is 1. The van der Waals surface area contributed by atoms with Crippen LogP contribution in [0.2, 0.25) is 0 Å². The molecule has 0 saturated carbocycles. The standard InChI is InChI=1S/C17H15N5O2S/c1-25-17-19-9-10-22(17)14-6-4-12(5-7-14)15(23)20-21-16(24)13-3-2-8-18-11-13/h2-11H,1H3,(H,20,23)(H,21,24). The molecule has 0 saturated heterocycles. The molecule has 0 atom stereocenters. The van der Waals surface area contributed by atoms with Gasteiger partial charge in [0.2, 0.25) is 0 Å². The first kappa shape index (κ1) is 16.7. The molecule has 0 aliphatic heterocycles. The van der Waals surface area contributed by atoms with Crippen molar-refractivity contribution in [2.45, 2.75) is 5.16 Å². The molecule has 0 unspecified atom stereocenters. The van der Waals surface area contributed by atoms with Crippen molar-refractivity contribution in [3.05, 3.63) is 72.3 Å². The number of hydrazine groups is 1. The first-order chi connectivity index (χ1) is 12.2. The van der Waals surface area contributed by atoms with E-state index < -0.39 is 11.8 Å². The highest BCUT2D eigenvalue weighted by Crippen LogP contribution is 2.18. The molecule has 8 heteroatoms. The molecular formula is C17H15N5O2S. The number of rotatable bonds is 4. The Hall–Kier alpha value is -3.13. The van der Waals surface area contributed by atoms with Crippen LogP contribution < -0.4 is 10.9 Å². The number of nitrogens with one attached hydrogen (secondary N) is 2. The highest BCUT2D eigenvalue weighted by molar-refractivity contribution is 7.98. The van der Waals surface area contributed by atoms with E-state index in [2.05, 4.69) is 20.8 Å². The van der Waals surface area contributed by atoms with E-state index in [1.165, 1.54) is 18.0 Å². The molecular weight excluding hydrogens is 338 g/mol. The summed E-state index contributed by atoms with van der Waals surface area (Å²) in [5, 5.41) is 0.862. The third kappa shape index (κ3) is 3.86. The topological polar surface area (TPSA) is 88.9 Å². The Balaban J connectivity index is 1.64. The van der Waals surface area contributed by atoms with Crippen LogP contribution >= 0.6 is 11.8 Å². The SMILES string of the molecule is CSc1nccn1-c1ccc(C(=O)NNC(=O)c2cccnc2)cc1. The van der Waals surface area contributed by atoms with Gasteiger partial charge in [-0.3, -0.25) is 30.0 Å². The summed E-state index contributed by atoms with van der Waals surface area (Å²) < 4.78 is 1.93. The maximum Gasteiger partial charge on any atom is 0.271 e. The maximum absolute atomic E-state index is 12.1. The van der Waals surface area contributed by atoms with Gasteiger partial charge in [-0.1, -0.05) is 11.8 Å². The molecule has 7 nitrogen and oxygen atoms in total. The van der Waals surface area contributed by atoms with Crippen LogP contribution in [0.1, 0.15) is 20.7 Å². The smallest absolute Gasteiger partial charge is 0.271 e. The summed E-state index contributed by atoms with van der Waals surface area (Å²) in [6.45, 7) is 0. The molecule has 0 aliphatic rings. The van der Waals surface area contributed by atoms with Crippen molar-refractivity contribution in [3.63, 3.8) is 0 Å². The number of pyridine rings is 1. The molecule has 1 aromatic carbocycles. The van der Waals surface area contributed by atoms with E-state index >= 15 is 0 Å². The predicted octanol–water partition coefficient (Wildman–Crippen LogP) is 2.06. The van der Waals surface area contributed by atoms with Crippen LogP contribution in [0.4, 0.5) is 0 Å². The number of benzene rings is 1. The van der Waals surface area contributed by atoms with Crippen LogP contribution in [0.15, 0.2) is 66.3 Å². The van der Waals surface area contributed by atoms with Crippen molar-refractivity contribution in [2.24, 2.45) is 0 Å². The lowest BCUT2D eigenvalue weighted by Crippen LogP contribution is -2.41. The van der Waals surface area contributed by atoms with Gasteiger partial charge in [0.1, 0.15) is 0 Å². The van der Waals surface area contributed by atoms with Crippen LogP contribution in [0.25, 0.3) is 5.69 Å². The van der Waals surface area contributed by atoms with Gasteiger partial charge in [0.15, 0.2) is 5.16 Å². The minimum Gasteiger partial charge on any atom is -0.295 e.